The van der Waals surface area contributed by atoms with Gasteiger partial charge in [-0.15, -0.1) is 0 Å². The highest BCUT2D eigenvalue weighted by Gasteiger charge is 2.15. The Morgan fingerprint density at radius 1 is 1.16 bits per heavy atom. The first-order chi connectivity index (χ1) is 12.2. The number of fused-ring (bicyclic) bond motifs is 1. The van der Waals surface area contributed by atoms with Crippen molar-refractivity contribution in [2.24, 2.45) is 5.73 Å². The van der Waals surface area contributed by atoms with Crippen LogP contribution in [0.3, 0.4) is 0 Å². The number of rotatable bonds is 7. The van der Waals surface area contributed by atoms with Gasteiger partial charge in [0.15, 0.2) is 0 Å². The molecule has 130 valence electrons. The number of benzene rings is 1. The Morgan fingerprint density at radius 3 is 2.68 bits per heavy atom. The van der Waals surface area contributed by atoms with Crippen LogP contribution in [0.1, 0.15) is 41.4 Å². The molecule has 0 spiro atoms. The van der Waals surface area contributed by atoms with Crippen LogP contribution >= 0.6 is 0 Å². The number of hydrogen-bond donors (Lipinski definition) is 2. The first kappa shape index (κ1) is 17.2. The molecule has 1 unspecified atom stereocenters. The molecule has 0 saturated heterocycles. The topological polar surface area (TPSA) is 72.4 Å². The predicted molar refractivity (Wildman–Crippen MR) is 99.4 cm³/mol. The molecule has 0 bridgehead atoms. The highest BCUT2D eigenvalue weighted by Crippen LogP contribution is 2.10. The van der Waals surface area contributed by atoms with Gasteiger partial charge in [-0.2, -0.15) is 0 Å². The molecule has 1 aromatic carbocycles. The Hall–Kier alpha value is -2.66. The van der Waals surface area contributed by atoms with Crippen molar-refractivity contribution in [3.05, 3.63) is 71.7 Å². The first-order valence-corrected chi connectivity index (χ1v) is 8.72. The van der Waals surface area contributed by atoms with Gasteiger partial charge in [0, 0.05) is 25.0 Å². The summed E-state index contributed by atoms with van der Waals surface area (Å²) in [4.78, 5) is 16.9. The molecule has 3 N–H and O–H groups in total. The highest BCUT2D eigenvalue weighted by atomic mass is 16.2. The molecule has 0 saturated carbocycles. The van der Waals surface area contributed by atoms with Gasteiger partial charge in [0.2, 0.25) is 0 Å². The van der Waals surface area contributed by atoms with E-state index in [1.54, 1.807) is 6.20 Å². The lowest BCUT2D eigenvalue weighted by Crippen LogP contribution is -2.35. The van der Waals surface area contributed by atoms with E-state index in [1.807, 2.05) is 40.9 Å². The number of carbonyl (C=O) groups is 1. The summed E-state index contributed by atoms with van der Waals surface area (Å²) in [6.07, 6.45) is 6.42. The number of nitrogens with zero attached hydrogens (tertiary/aromatic N) is 2. The van der Waals surface area contributed by atoms with Gasteiger partial charge >= 0.3 is 0 Å². The number of nitrogens with two attached hydrogens (primary N) is 1. The summed E-state index contributed by atoms with van der Waals surface area (Å²) in [5.41, 5.74) is 9.14. The molecule has 25 heavy (non-hydrogen) atoms. The van der Waals surface area contributed by atoms with Crippen molar-refractivity contribution < 1.29 is 4.79 Å². The predicted octanol–water partition coefficient (Wildman–Crippen LogP) is 2.93. The minimum Gasteiger partial charge on any atom is -0.348 e. The van der Waals surface area contributed by atoms with Crippen LogP contribution in [-0.2, 0) is 13.0 Å². The summed E-state index contributed by atoms with van der Waals surface area (Å²) in [6, 6.07) is 14.3. The molecule has 2 aromatic heterocycles. The van der Waals surface area contributed by atoms with Gasteiger partial charge in [-0.05, 0) is 36.5 Å². The van der Waals surface area contributed by atoms with Crippen LogP contribution < -0.4 is 11.1 Å². The van der Waals surface area contributed by atoms with Gasteiger partial charge in [0.1, 0.15) is 11.3 Å². The van der Waals surface area contributed by atoms with Crippen molar-refractivity contribution in [1.82, 2.24) is 14.7 Å². The van der Waals surface area contributed by atoms with Crippen LogP contribution in [0.2, 0.25) is 0 Å². The Bertz CT molecular complexity index is 841. The van der Waals surface area contributed by atoms with Crippen LogP contribution in [-0.4, -0.2) is 21.3 Å². The van der Waals surface area contributed by atoms with Gasteiger partial charge in [0.05, 0.1) is 0 Å². The molecular formula is C20H24N4O. The van der Waals surface area contributed by atoms with Crippen LogP contribution in [0.4, 0.5) is 0 Å². The van der Waals surface area contributed by atoms with Crippen molar-refractivity contribution >= 4 is 11.6 Å². The monoisotopic (exact) mass is 336 g/mol. The fraction of sp³-hybridized carbons (Fsp3) is 0.300. The van der Waals surface area contributed by atoms with Crippen LogP contribution in [0.15, 0.2) is 54.9 Å². The molecule has 1 amide bonds. The zero-order chi connectivity index (χ0) is 17.6. The largest absolute Gasteiger partial charge is 0.348 e. The number of aromatic nitrogens is 2. The maximum absolute atomic E-state index is 12.5. The van der Waals surface area contributed by atoms with E-state index in [9.17, 15) is 4.79 Å². The number of nitrogens with one attached hydrogen (secondary N) is 1. The Balaban J connectivity index is 1.65. The summed E-state index contributed by atoms with van der Waals surface area (Å²) >= 11 is 0. The lowest BCUT2D eigenvalue weighted by Gasteiger charge is -2.16. The molecular weight excluding hydrogens is 312 g/mol. The van der Waals surface area contributed by atoms with Crippen LogP contribution in [0.5, 0.6) is 0 Å². The Kier molecular flexibility index (Phi) is 5.46. The molecule has 1 atom stereocenters. The summed E-state index contributed by atoms with van der Waals surface area (Å²) in [7, 11) is 0. The van der Waals surface area contributed by atoms with Gasteiger partial charge in [-0.1, -0.05) is 43.3 Å². The number of pyridine rings is 1. The molecule has 5 heteroatoms. The number of carbonyl (C=O) groups excluding carboxylic acids is 1. The zero-order valence-electron chi connectivity index (χ0n) is 14.5. The van der Waals surface area contributed by atoms with Crippen molar-refractivity contribution in [3.8, 4) is 0 Å². The first-order valence-electron chi connectivity index (χ1n) is 8.72. The number of aryl methyl sites for hydroxylation is 1. The van der Waals surface area contributed by atoms with E-state index in [0.717, 1.165) is 30.5 Å². The minimum atomic E-state index is -0.127. The molecule has 2 heterocycles. The summed E-state index contributed by atoms with van der Waals surface area (Å²) < 4.78 is 1.85. The van der Waals surface area contributed by atoms with Crippen molar-refractivity contribution in [3.63, 3.8) is 0 Å². The molecule has 3 aromatic rings. The van der Waals surface area contributed by atoms with Crippen molar-refractivity contribution in [2.45, 2.75) is 38.8 Å². The van der Waals surface area contributed by atoms with E-state index in [0.29, 0.717) is 12.2 Å². The molecule has 0 aliphatic rings. The molecule has 0 aliphatic heterocycles. The lowest BCUT2D eigenvalue weighted by atomic mass is 10.0. The van der Waals surface area contributed by atoms with E-state index in [1.165, 1.54) is 5.56 Å². The van der Waals surface area contributed by atoms with E-state index in [-0.39, 0.29) is 11.9 Å². The Labute approximate surface area is 147 Å². The smallest absolute Gasteiger partial charge is 0.271 e. The molecule has 0 aliphatic carbocycles. The summed E-state index contributed by atoms with van der Waals surface area (Å²) in [5, 5.41) is 3.10. The van der Waals surface area contributed by atoms with E-state index in [2.05, 4.69) is 29.4 Å². The zero-order valence-corrected chi connectivity index (χ0v) is 14.5. The van der Waals surface area contributed by atoms with Crippen molar-refractivity contribution in [2.75, 3.05) is 0 Å². The number of imidazole rings is 1. The quantitative estimate of drug-likeness (QED) is 0.697. The maximum Gasteiger partial charge on any atom is 0.271 e. The van der Waals surface area contributed by atoms with Gasteiger partial charge in [-0.25, -0.2) is 4.98 Å². The third-order valence-electron chi connectivity index (χ3n) is 4.43. The number of amides is 1. The lowest BCUT2D eigenvalue weighted by molar-refractivity contribution is 0.0929. The normalized spacial score (nSPS) is 12.2. The van der Waals surface area contributed by atoms with Gasteiger partial charge in [-0.3, -0.25) is 4.79 Å². The van der Waals surface area contributed by atoms with E-state index < -0.39 is 0 Å². The molecule has 5 nitrogen and oxygen atoms in total. The second-order valence-corrected chi connectivity index (χ2v) is 6.24. The highest BCUT2D eigenvalue weighted by molar-refractivity contribution is 5.93. The Morgan fingerprint density at radius 2 is 1.96 bits per heavy atom. The molecule has 0 fully saturated rings. The molecule has 0 radical (unpaired) electrons. The summed E-state index contributed by atoms with van der Waals surface area (Å²) in [6.45, 7) is 2.56. The SMILES string of the molecule is CCC(CCc1ccccc1)NC(=O)c1cn2cc(CN)ccc2n1. The number of hydrogen-bond acceptors (Lipinski definition) is 3. The standard InChI is InChI=1S/C20H24N4O/c1-2-17(10-8-15-6-4-3-5-7-15)22-20(25)18-14-24-13-16(12-21)9-11-19(24)23-18/h3-7,9,11,13-14,17H,2,8,10,12,21H2,1H3,(H,22,25). The van der Waals surface area contributed by atoms with Gasteiger partial charge in [0.25, 0.3) is 5.91 Å². The fourth-order valence-corrected chi connectivity index (χ4v) is 2.89. The summed E-state index contributed by atoms with van der Waals surface area (Å²) in [5.74, 6) is -0.127. The maximum atomic E-state index is 12.5. The second kappa shape index (κ2) is 7.94. The third kappa shape index (κ3) is 4.25. The van der Waals surface area contributed by atoms with E-state index >= 15 is 0 Å². The van der Waals surface area contributed by atoms with E-state index in [4.69, 9.17) is 5.73 Å². The minimum absolute atomic E-state index is 0.127. The van der Waals surface area contributed by atoms with Crippen LogP contribution in [0.25, 0.3) is 5.65 Å². The third-order valence-corrected chi connectivity index (χ3v) is 4.43. The van der Waals surface area contributed by atoms with Crippen LogP contribution in [0, 0.1) is 0 Å². The van der Waals surface area contributed by atoms with Gasteiger partial charge < -0.3 is 15.5 Å². The second-order valence-electron chi connectivity index (χ2n) is 6.24. The molecule has 3 rings (SSSR count). The van der Waals surface area contributed by atoms with Crippen molar-refractivity contribution in [1.29, 1.82) is 0 Å². The average Bonchev–Trinajstić information content (AvgIpc) is 3.09. The average molecular weight is 336 g/mol. The fourth-order valence-electron chi connectivity index (χ4n) is 2.89.